The molecule has 0 spiro atoms. The molecule has 0 aromatic heterocycles. The Bertz CT molecular complexity index is 915. The minimum absolute atomic E-state index is 0.0452. The minimum atomic E-state index is -0.658. The van der Waals surface area contributed by atoms with E-state index in [1.807, 2.05) is 0 Å². The van der Waals surface area contributed by atoms with Crippen LogP contribution in [0.3, 0.4) is 0 Å². The number of fused-ring (bicyclic) bond motifs is 1. The van der Waals surface area contributed by atoms with Crippen molar-refractivity contribution >= 4 is 11.8 Å². The summed E-state index contributed by atoms with van der Waals surface area (Å²) in [4.78, 5) is 28.6. The van der Waals surface area contributed by atoms with Crippen LogP contribution in [-0.4, -0.2) is 85.3 Å². The third-order valence-corrected chi connectivity index (χ3v) is 6.20. The van der Waals surface area contributed by atoms with Gasteiger partial charge in [0, 0.05) is 50.4 Å². The van der Waals surface area contributed by atoms with Crippen molar-refractivity contribution in [1.29, 1.82) is 0 Å². The van der Waals surface area contributed by atoms with E-state index in [0.717, 1.165) is 12.8 Å². The average Bonchev–Trinajstić information content (AvgIpc) is 3.25. The number of likely N-dealkylation sites (N-methyl/N-ethyl adjacent to an activating group) is 1. The standard InChI is InChI=1S/C25H31N3O4/c1-27(17-23(29)16-26-22-14-20-4-2-3-5-21(20)15-22)24(30)18-6-8-19(9-7-18)25(31)28-10-12-32-13-11-28/h2-9,22-23,26,29H,10-17H2,1H3. The second-order valence-electron chi connectivity index (χ2n) is 8.60. The first-order valence-corrected chi connectivity index (χ1v) is 11.2. The normalized spacial score (nSPS) is 17.1. The highest BCUT2D eigenvalue weighted by atomic mass is 16.5. The topological polar surface area (TPSA) is 82.1 Å². The van der Waals surface area contributed by atoms with Crippen molar-refractivity contribution in [3.05, 3.63) is 70.8 Å². The van der Waals surface area contributed by atoms with Gasteiger partial charge < -0.3 is 25.0 Å². The van der Waals surface area contributed by atoms with Gasteiger partial charge in [0.1, 0.15) is 0 Å². The predicted octanol–water partition coefficient (Wildman–Crippen LogP) is 1.35. The molecule has 2 aromatic carbocycles. The zero-order chi connectivity index (χ0) is 22.5. The number of hydrogen-bond acceptors (Lipinski definition) is 5. The van der Waals surface area contributed by atoms with Crippen molar-refractivity contribution in [3.63, 3.8) is 0 Å². The van der Waals surface area contributed by atoms with E-state index in [1.54, 1.807) is 36.2 Å². The molecule has 2 N–H and O–H groups in total. The summed E-state index contributed by atoms with van der Waals surface area (Å²) in [6, 6.07) is 15.5. The van der Waals surface area contributed by atoms with Gasteiger partial charge in [0.15, 0.2) is 0 Å². The monoisotopic (exact) mass is 437 g/mol. The third-order valence-electron chi connectivity index (χ3n) is 6.20. The fourth-order valence-electron chi connectivity index (χ4n) is 4.39. The van der Waals surface area contributed by atoms with Gasteiger partial charge in [0.2, 0.25) is 0 Å². The van der Waals surface area contributed by atoms with Gasteiger partial charge in [-0.15, -0.1) is 0 Å². The van der Waals surface area contributed by atoms with E-state index < -0.39 is 6.10 Å². The maximum absolute atomic E-state index is 12.8. The lowest BCUT2D eigenvalue weighted by Gasteiger charge is -2.27. The summed E-state index contributed by atoms with van der Waals surface area (Å²) in [6.07, 6.45) is 1.27. The van der Waals surface area contributed by atoms with Crippen LogP contribution in [0, 0.1) is 0 Å². The molecule has 170 valence electrons. The van der Waals surface area contributed by atoms with Gasteiger partial charge in [-0.25, -0.2) is 0 Å². The molecule has 4 rings (SSSR count). The van der Waals surface area contributed by atoms with Crippen LogP contribution in [0.5, 0.6) is 0 Å². The molecule has 0 bridgehead atoms. The molecule has 32 heavy (non-hydrogen) atoms. The van der Waals surface area contributed by atoms with Crippen LogP contribution in [0.2, 0.25) is 0 Å². The summed E-state index contributed by atoms with van der Waals surface area (Å²) in [6.45, 7) is 2.95. The Hall–Kier alpha value is -2.74. The Morgan fingerprint density at radius 3 is 2.28 bits per heavy atom. The van der Waals surface area contributed by atoms with Crippen molar-refractivity contribution in [3.8, 4) is 0 Å². The largest absolute Gasteiger partial charge is 0.390 e. The van der Waals surface area contributed by atoms with Crippen LogP contribution in [0.15, 0.2) is 48.5 Å². The third kappa shape index (κ3) is 5.35. The van der Waals surface area contributed by atoms with E-state index >= 15 is 0 Å². The predicted molar refractivity (Wildman–Crippen MR) is 122 cm³/mol. The highest BCUT2D eigenvalue weighted by Crippen LogP contribution is 2.21. The molecule has 0 saturated carbocycles. The number of benzene rings is 2. The van der Waals surface area contributed by atoms with Crippen LogP contribution in [-0.2, 0) is 17.6 Å². The molecule has 1 unspecified atom stereocenters. The number of morpholine rings is 1. The smallest absolute Gasteiger partial charge is 0.254 e. The van der Waals surface area contributed by atoms with E-state index in [-0.39, 0.29) is 18.4 Å². The van der Waals surface area contributed by atoms with Gasteiger partial charge in [-0.1, -0.05) is 24.3 Å². The second-order valence-corrected chi connectivity index (χ2v) is 8.60. The van der Waals surface area contributed by atoms with Gasteiger partial charge in [0.25, 0.3) is 11.8 Å². The Labute approximate surface area is 189 Å². The number of rotatable bonds is 7. The molecule has 2 aromatic rings. The van der Waals surface area contributed by atoms with E-state index in [0.29, 0.717) is 50.0 Å². The number of nitrogens with zero attached hydrogens (tertiary/aromatic N) is 2. The van der Waals surface area contributed by atoms with Gasteiger partial charge in [0.05, 0.1) is 19.3 Å². The van der Waals surface area contributed by atoms with Crippen molar-refractivity contribution in [1.82, 2.24) is 15.1 Å². The first-order valence-electron chi connectivity index (χ1n) is 11.2. The maximum atomic E-state index is 12.8. The van der Waals surface area contributed by atoms with E-state index in [1.165, 1.54) is 16.0 Å². The summed E-state index contributed by atoms with van der Waals surface area (Å²) in [5.74, 6) is -0.223. The number of carbonyl (C=O) groups is 2. The molecule has 2 aliphatic rings. The highest BCUT2D eigenvalue weighted by molar-refractivity contribution is 5.97. The molecule has 0 radical (unpaired) electrons. The number of amides is 2. The summed E-state index contributed by atoms with van der Waals surface area (Å²) >= 11 is 0. The Morgan fingerprint density at radius 1 is 1.06 bits per heavy atom. The highest BCUT2D eigenvalue weighted by Gasteiger charge is 2.23. The Kier molecular flexibility index (Phi) is 7.19. The van der Waals surface area contributed by atoms with Gasteiger partial charge in [-0.05, 0) is 48.2 Å². The van der Waals surface area contributed by atoms with Crippen molar-refractivity contribution in [2.24, 2.45) is 0 Å². The maximum Gasteiger partial charge on any atom is 0.254 e. The number of nitrogens with one attached hydrogen (secondary N) is 1. The fraction of sp³-hybridized carbons (Fsp3) is 0.440. The van der Waals surface area contributed by atoms with Crippen LogP contribution in [0.4, 0.5) is 0 Å². The number of aliphatic hydroxyl groups excluding tert-OH is 1. The lowest BCUT2D eigenvalue weighted by atomic mass is 10.1. The number of aliphatic hydroxyl groups is 1. The molecule has 2 amide bonds. The number of hydrogen-bond donors (Lipinski definition) is 2. The molecule has 1 atom stereocenters. The van der Waals surface area contributed by atoms with E-state index in [2.05, 4.69) is 29.6 Å². The zero-order valence-corrected chi connectivity index (χ0v) is 18.5. The van der Waals surface area contributed by atoms with Gasteiger partial charge in [-0.2, -0.15) is 0 Å². The molecular weight excluding hydrogens is 406 g/mol. The summed E-state index contributed by atoms with van der Waals surface area (Å²) in [7, 11) is 1.68. The molecular formula is C25H31N3O4. The summed E-state index contributed by atoms with van der Waals surface area (Å²) < 4.78 is 5.29. The molecule has 7 nitrogen and oxygen atoms in total. The lowest BCUT2D eigenvalue weighted by molar-refractivity contribution is 0.0303. The van der Waals surface area contributed by atoms with Crippen molar-refractivity contribution < 1.29 is 19.4 Å². The molecule has 1 aliphatic carbocycles. The Morgan fingerprint density at radius 2 is 1.66 bits per heavy atom. The van der Waals surface area contributed by atoms with Crippen LogP contribution in [0.1, 0.15) is 31.8 Å². The molecule has 1 saturated heterocycles. The quantitative estimate of drug-likeness (QED) is 0.683. The molecule has 1 fully saturated rings. The molecule has 1 aliphatic heterocycles. The lowest BCUT2D eigenvalue weighted by Crippen LogP contribution is -2.42. The first kappa shape index (κ1) is 22.5. The van der Waals surface area contributed by atoms with Crippen LogP contribution < -0.4 is 5.32 Å². The van der Waals surface area contributed by atoms with Gasteiger partial charge in [-0.3, -0.25) is 9.59 Å². The van der Waals surface area contributed by atoms with Crippen molar-refractivity contribution in [2.75, 3.05) is 46.4 Å². The number of carbonyl (C=O) groups excluding carboxylic acids is 2. The first-order chi connectivity index (χ1) is 15.5. The van der Waals surface area contributed by atoms with Crippen LogP contribution >= 0.6 is 0 Å². The van der Waals surface area contributed by atoms with E-state index in [9.17, 15) is 14.7 Å². The molecule has 1 heterocycles. The number of ether oxygens (including phenoxy) is 1. The molecule has 7 heteroatoms. The second kappa shape index (κ2) is 10.3. The van der Waals surface area contributed by atoms with Crippen molar-refractivity contribution in [2.45, 2.75) is 25.0 Å². The summed E-state index contributed by atoms with van der Waals surface area (Å²) in [5.41, 5.74) is 3.79. The minimum Gasteiger partial charge on any atom is -0.390 e. The van der Waals surface area contributed by atoms with Crippen LogP contribution in [0.25, 0.3) is 0 Å². The fourth-order valence-corrected chi connectivity index (χ4v) is 4.39. The average molecular weight is 438 g/mol. The Balaban J connectivity index is 1.24. The zero-order valence-electron chi connectivity index (χ0n) is 18.5. The van der Waals surface area contributed by atoms with Gasteiger partial charge >= 0.3 is 0 Å². The summed E-state index contributed by atoms with van der Waals surface area (Å²) in [5, 5.41) is 13.9. The SMILES string of the molecule is CN(CC(O)CNC1Cc2ccccc2C1)C(=O)c1ccc(C(=O)N2CCOCC2)cc1. The van der Waals surface area contributed by atoms with E-state index in [4.69, 9.17) is 4.74 Å².